The van der Waals surface area contributed by atoms with Gasteiger partial charge in [-0.05, 0) is 24.3 Å². The first-order chi connectivity index (χ1) is 8.69. The van der Waals surface area contributed by atoms with Crippen LogP contribution in [0.2, 0.25) is 0 Å². The summed E-state index contributed by atoms with van der Waals surface area (Å²) in [6.07, 6.45) is 0. The number of pyridine rings is 1. The molecule has 0 unspecified atom stereocenters. The largest absolute Gasteiger partial charge is 0.394 e. The molecule has 0 radical (unpaired) electrons. The van der Waals surface area contributed by atoms with Gasteiger partial charge in [-0.15, -0.1) is 0 Å². The highest BCUT2D eigenvalue weighted by atomic mass is 19.1. The Hall–Kier alpha value is -2.21. The number of aliphatic hydroxyl groups is 1. The maximum absolute atomic E-state index is 13.2. The summed E-state index contributed by atoms with van der Waals surface area (Å²) >= 11 is 0. The Balaban J connectivity index is 2.35. The molecule has 3 rings (SSSR count). The summed E-state index contributed by atoms with van der Waals surface area (Å²) in [5, 5.41) is 14.4. The van der Waals surface area contributed by atoms with Crippen LogP contribution in [-0.4, -0.2) is 26.5 Å². The summed E-state index contributed by atoms with van der Waals surface area (Å²) in [6.45, 7) is 0.284. The third-order valence-corrected chi connectivity index (χ3v) is 2.82. The predicted molar refractivity (Wildman–Crippen MR) is 66.5 cm³/mol. The van der Waals surface area contributed by atoms with Crippen molar-refractivity contribution in [3.8, 4) is 0 Å². The molecule has 92 valence electrons. The lowest BCUT2D eigenvalue weighted by atomic mass is 10.2. The molecular formula is C12H11FN4O. The van der Waals surface area contributed by atoms with E-state index in [4.69, 9.17) is 10.8 Å². The predicted octanol–water partition coefficient (Wildman–Crippen LogP) is 1.30. The van der Waals surface area contributed by atoms with Gasteiger partial charge in [-0.2, -0.15) is 5.10 Å². The number of aliphatic hydroxyl groups excluding tert-OH is 1. The zero-order valence-electron chi connectivity index (χ0n) is 9.47. The van der Waals surface area contributed by atoms with Crippen LogP contribution in [0.25, 0.3) is 21.9 Å². The Labute approximate surface area is 102 Å². The molecule has 0 bridgehead atoms. The number of aromatic nitrogens is 3. The van der Waals surface area contributed by atoms with Gasteiger partial charge in [0.15, 0.2) is 11.5 Å². The lowest BCUT2D eigenvalue weighted by molar-refractivity contribution is 0.271. The second kappa shape index (κ2) is 3.92. The molecule has 0 amide bonds. The molecule has 0 aliphatic rings. The van der Waals surface area contributed by atoms with Crippen molar-refractivity contribution in [3.63, 3.8) is 0 Å². The number of hydrogen-bond donors (Lipinski definition) is 2. The van der Waals surface area contributed by atoms with Crippen molar-refractivity contribution >= 4 is 27.8 Å². The average molecular weight is 246 g/mol. The molecule has 2 aromatic heterocycles. The smallest absolute Gasteiger partial charge is 0.160 e. The van der Waals surface area contributed by atoms with Crippen molar-refractivity contribution in [1.29, 1.82) is 0 Å². The summed E-state index contributed by atoms with van der Waals surface area (Å²) in [6, 6.07) is 6.13. The summed E-state index contributed by atoms with van der Waals surface area (Å²) < 4.78 is 14.7. The number of hydrogen-bond acceptors (Lipinski definition) is 4. The topological polar surface area (TPSA) is 77.0 Å². The van der Waals surface area contributed by atoms with E-state index in [-0.39, 0.29) is 12.4 Å². The van der Waals surface area contributed by atoms with Crippen LogP contribution >= 0.6 is 0 Å². The highest BCUT2D eigenvalue weighted by molar-refractivity contribution is 5.96. The van der Waals surface area contributed by atoms with Crippen LogP contribution in [0, 0.1) is 5.82 Å². The van der Waals surface area contributed by atoms with Gasteiger partial charge in [0.1, 0.15) is 5.82 Å². The first-order valence-corrected chi connectivity index (χ1v) is 5.52. The number of rotatable bonds is 2. The minimum absolute atomic E-state index is 0.0423. The van der Waals surface area contributed by atoms with Gasteiger partial charge in [-0.3, -0.25) is 0 Å². The van der Waals surface area contributed by atoms with E-state index in [1.165, 1.54) is 12.1 Å². The number of anilines is 1. The summed E-state index contributed by atoms with van der Waals surface area (Å²) in [5.74, 6) is 0.0158. The van der Waals surface area contributed by atoms with E-state index in [1.54, 1.807) is 16.8 Å². The van der Waals surface area contributed by atoms with Gasteiger partial charge in [-0.1, -0.05) is 0 Å². The van der Waals surface area contributed by atoms with Crippen molar-refractivity contribution in [1.82, 2.24) is 14.8 Å². The Morgan fingerprint density at radius 1 is 1.33 bits per heavy atom. The van der Waals surface area contributed by atoms with Crippen LogP contribution in [0.1, 0.15) is 0 Å². The Bertz CT molecular complexity index is 738. The monoisotopic (exact) mass is 246 g/mol. The second-order valence-corrected chi connectivity index (χ2v) is 4.03. The van der Waals surface area contributed by atoms with Crippen molar-refractivity contribution in [2.45, 2.75) is 6.54 Å². The molecule has 0 aliphatic carbocycles. The van der Waals surface area contributed by atoms with Crippen molar-refractivity contribution < 1.29 is 9.50 Å². The fourth-order valence-electron chi connectivity index (χ4n) is 2.00. The van der Waals surface area contributed by atoms with Crippen LogP contribution in [0.4, 0.5) is 10.2 Å². The molecule has 3 N–H and O–H groups in total. The lowest BCUT2D eigenvalue weighted by Gasteiger charge is -2.01. The first-order valence-electron chi connectivity index (χ1n) is 5.52. The van der Waals surface area contributed by atoms with Crippen LogP contribution in [0.3, 0.4) is 0 Å². The zero-order chi connectivity index (χ0) is 12.7. The lowest BCUT2D eigenvalue weighted by Crippen LogP contribution is -2.05. The molecule has 0 aliphatic heterocycles. The minimum Gasteiger partial charge on any atom is -0.394 e. The highest BCUT2D eigenvalue weighted by Crippen LogP contribution is 2.24. The summed E-state index contributed by atoms with van der Waals surface area (Å²) in [5.41, 5.74) is 7.06. The normalized spacial score (nSPS) is 11.4. The van der Waals surface area contributed by atoms with E-state index in [0.717, 1.165) is 0 Å². The molecule has 0 saturated carbocycles. The zero-order valence-corrected chi connectivity index (χ0v) is 9.47. The fraction of sp³-hybridized carbons (Fsp3) is 0.167. The molecular weight excluding hydrogens is 235 g/mol. The third-order valence-electron chi connectivity index (χ3n) is 2.82. The van der Waals surface area contributed by atoms with Crippen molar-refractivity contribution in [2.75, 3.05) is 12.3 Å². The van der Waals surface area contributed by atoms with Gasteiger partial charge in [0.2, 0.25) is 0 Å². The maximum Gasteiger partial charge on any atom is 0.160 e. The Morgan fingerprint density at radius 3 is 2.94 bits per heavy atom. The van der Waals surface area contributed by atoms with E-state index in [2.05, 4.69) is 10.1 Å². The number of nitrogens with zero attached hydrogens (tertiary/aromatic N) is 3. The average Bonchev–Trinajstić information content (AvgIpc) is 2.64. The Kier molecular flexibility index (Phi) is 2.38. The summed E-state index contributed by atoms with van der Waals surface area (Å²) in [7, 11) is 0. The van der Waals surface area contributed by atoms with Gasteiger partial charge in [0, 0.05) is 5.39 Å². The molecule has 0 atom stereocenters. The van der Waals surface area contributed by atoms with Gasteiger partial charge >= 0.3 is 0 Å². The summed E-state index contributed by atoms with van der Waals surface area (Å²) in [4.78, 5) is 4.40. The SMILES string of the molecule is Nc1nn(CCO)c2nc3ccc(F)cc3cc12. The number of nitrogen functional groups attached to an aromatic ring is 1. The quantitative estimate of drug-likeness (QED) is 0.714. The molecule has 0 fully saturated rings. The molecule has 5 nitrogen and oxygen atoms in total. The fourth-order valence-corrected chi connectivity index (χ4v) is 2.00. The van der Waals surface area contributed by atoms with Gasteiger partial charge in [0.25, 0.3) is 0 Å². The highest BCUT2D eigenvalue weighted by Gasteiger charge is 2.10. The van der Waals surface area contributed by atoms with Crippen LogP contribution in [-0.2, 0) is 6.54 Å². The number of halogens is 1. The van der Waals surface area contributed by atoms with Crippen molar-refractivity contribution in [3.05, 3.63) is 30.1 Å². The van der Waals surface area contributed by atoms with Crippen LogP contribution in [0.5, 0.6) is 0 Å². The molecule has 0 saturated heterocycles. The van der Waals surface area contributed by atoms with E-state index in [0.29, 0.717) is 34.3 Å². The van der Waals surface area contributed by atoms with E-state index in [9.17, 15) is 4.39 Å². The number of benzene rings is 1. The second-order valence-electron chi connectivity index (χ2n) is 4.03. The van der Waals surface area contributed by atoms with E-state index >= 15 is 0 Å². The van der Waals surface area contributed by atoms with E-state index < -0.39 is 0 Å². The third kappa shape index (κ3) is 1.58. The van der Waals surface area contributed by atoms with Gasteiger partial charge in [0.05, 0.1) is 24.1 Å². The first kappa shape index (κ1) is 10.9. The van der Waals surface area contributed by atoms with Crippen LogP contribution in [0.15, 0.2) is 24.3 Å². The maximum atomic E-state index is 13.2. The Morgan fingerprint density at radius 2 is 2.17 bits per heavy atom. The van der Waals surface area contributed by atoms with Gasteiger partial charge in [-0.25, -0.2) is 14.1 Å². The molecule has 6 heteroatoms. The van der Waals surface area contributed by atoms with E-state index in [1.807, 2.05) is 0 Å². The van der Waals surface area contributed by atoms with Gasteiger partial charge < -0.3 is 10.8 Å². The van der Waals surface area contributed by atoms with Crippen LogP contribution < -0.4 is 5.73 Å². The minimum atomic E-state index is -0.315. The molecule has 0 spiro atoms. The molecule has 18 heavy (non-hydrogen) atoms. The number of fused-ring (bicyclic) bond motifs is 2. The molecule has 3 aromatic rings. The molecule has 1 aromatic carbocycles. The number of nitrogens with two attached hydrogens (primary N) is 1. The van der Waals surface area contributed by atoms with Crippen molar-refractivity contribution in [2.24, 2.45) is 0 Å². The molecule has 2 heterocycles. The standard InChI is InChI=1S/C12H11FN4O/c13-8-1-2-10-7(5-8)6-9-11(14)16-17(3-4-18)12(9)15-10/h1-2,5-6,18H,3-4H2,(H2,14,16).